The largest absolute Gasteiger partial charge is 0.459 e. The van der Waals surface area contributed by atoms with Crippen LogP contribution < -0.4 is 11.1 Å². The summed E-state index contributed by atoms with van der Waals surface area (Å²) >= 11 is 0. The number of ether oxygens (including phenoxy) is 1. The zero-order valence-electron chi connectivity index (χ0n) is 18.7. The van der Waals surface area contributed by atoms with Gasteiger partial charge >= 0.3 is 5.97 Å². The summed E-state index contributed by atoms with van der Waals surface area (Å²) in [7, 11) is -5.31. The minimum absolute atomic E-state index is 0.233. The summed E-state index contributed by atoms with van der Waals surface area (Å²) in [5, 5.41) is 14.2. The molecule has 2 atom stereocenters. The van der Waals surface area contributed by atoms with Gasteiger partial charge in [-0.05, 0) is 24.0 Å². The van der Waals surface area contributed by atoms with Crippen LogP contribution in [0.15, 0.2) is 60.7 Å². The van der Waals surface area contributed by atoms with Crippen LogP contribution in [0.25, 0.3) is 0 Å². The van der Waals surface area contributed by atoms with E-state index in [-0.39, 0.29) is 19.4 Å². The third kappa shape index (κ3) is 5.15. The zero-order chi connectivity index (χ0) is 24.8. The first kappa shape index (κ1) is 25.8. The number of carbonyl (C=O) groups is 2. The first-order valence-corrected chi connectivity index (χ1v) is 12.5. The maximum absolute atomic E-state index is 13.7. The Balaban J connectivity index is 2.18. The molecule has 2 aromatic carbocycles. The average Bonchev–Trinajstić information content (AvgIpc) is 3.37. The Labute approximate surface area is 199 Å². The van der Waals surface area contributed by atoms with E-state index in [4.69, 9.17) is 10.5 Å². The van der Waals surface area contributed by atoms with Crippen molar-refractivity contribution in [2.24, 2.45) is 11.7 Å². The Bertz CT molecular complexity index is 1090. The van der Waals surface area contributed by atoms with Gasteiger partial charge in [0, 0.05) is 12.3 Å². The van der Waals surface area contributed by atoms with Crippen LogP contribution in [-0.2, 0) is 37.5 Å². The van der Waals surface area contributed by atoms with Crippen molar-refractivity contribution in [1.29, 1.82) is 0 Å². The SMILES string of the molecule is NCC(=O)NC(Cc1ccccc1)(C(=O)OCc1ccccc1)C(O)(C1CCCC1)S(=O)(=O)O. The van der Waals surface area contributed by atoms with E-state index in [0.717, 1.165) is 0 Å². The number of nitrogens with one attached hydrogen (secondary N) is 1. The molecule has 1 aliphatic carbocycles. The molecule has 9 nitrogen and oxygen atoms in total. The molecule has 1 saturated carbocycles. The molecule has 184 valence electrons. The lowest BCUT2D eigenvalue weighted by Crippen LogP contribution is -2.75. The summed E-state index contributed by atoms with van der Waals surface area (Å²) in [6.45, 7) is -0.810. The van der Waals surface area contributed by atoms with E-state index >= 15 is 0 Å². The van der Waals surface area contributed by atoms with Gasteiger partial charge in [0.2, 0.25) is 10.8 Å². The number of nitrogens with two attached hydrogens (primary N) is 1. The molecule has 1 fully saturated rings. The van der Waals surface area contributed by atoms with Gasteiger partial charge in [-0.2, -0.15) is 8.42 Å². The van der Waals surface area contributed by atoms with Gasteiger partial charge in [0.1, 0.15) is 6.61 Å². The third-order valence-electron chi connectivity index (χ3n) is 6.32. The highest BCUT2D eigenvalue weighted by atomic mass is 32.2. The lowest BCUT2D eigenvalue weighted by molar-refractivity contribution is -0.167. The topological polar surface area (TPSA) is 156 Å². The molecular weight excluding hydrogens is 460 g/mol. The molecule has 34 heavy (non-hydrogen) atoms. The second-order valence-corrected chi connectivity index (χ2v) is 10.1. The quantitative estimate of drug-likeness (QED) is 0.289. The fourth-order valence-electron chi connectivity index (χ4n) is 4.66. The molecule has 0 bridgehead atoms. The van der Waals surface area contributed by atoms with E-state index in [1.807, 2.05) is 0 Å². The molecule has 0 aromatic heterocycles. The van der Waals surface area contributed by atoms with Crippen LogP contribution in [0.3, 0.4) is 0 Å². The third-order valence-corrected chi connectivity index (χ3v) is 7.79. The van der Waals surface area contributed by atoms with E-state index in [1.54, 1.807) is 60.7 Å². The Morgan fingerprint density at radius 1 is 1.00 bits per heavy atom. The summed E-state index contributed by atoms with van der Waals surface area (Å²) in [5.74, 6) is -3.09. The van der Waals surface area contributed by atoms with E-state index in [2.05, 4.69) is 5.32 Å². The summed E-state index contributed by atoms with van der Waals surface area (Å²) < 4.78 is 41.5. The van der Waals surface area contributed by atoms with Crippen molar-refractivity contribution in [2.75, 3.05) is 6.54 Å². The predicted octanol–water partition coefficient (Wildman–Crippen LogP) is 1.55. The van der Waals surface area contributed by atoms with Crippen molar-refractivity contribution in [1.82, 2.24) is 5.32 Å². The van der Waals surface area contributed by atoms with Crippen molar-refractivity contribution in [3.05, 3.63) is 71.8 Å². The molecule has 0 aliphatic heterocycles. The van der Waals surface area contributed by atoms with Crippen molar-refractivity contribution in [3.63, 3.8) is 0 Å². The Hall–Kier alpha value is -2.79. The molecule has 10 heteroatoms. The monoisotopic (exact) mass is 490 g/mol. The highest BCUT2D eigenvalue weighted by Gasteiger charge is 2.68. The molecule has 0 heterocycles. The van der Waals surface area contributed by atoms with Crippen LogP contribution >= 0.6 is 0 Å². The molecular formula is C24H30N2O7S. The van der Waals surface area contributed by atoms with E-state index < -0.39 is 51.4 Å². The summed E-state index contributed by atoms with van der Waals surface area (Å²) in [6, 6.07) is 17.0. The van der Waals surface area contributed by atoms with Gasteiger partial charge in [-0.25, -0.2) is 4.79 Å². The van der Waals surface area contributed by atoms with E-state index in [0.29, 0.717) is 24.0 Å². The molecule has 2 unspecified atom stereocenters. The molecule has 1 amide bonds. The molecule has 3 rings (SSSR count). The molecule has 0 radical (unpaired) electrons. The van der Waals surface area contributed by atoms with Crippen LogP contribution in [0.2, 0.25) is 0 Å². The van der Waals surface area contributed by atoms with Crippen molar-refractivity contribution in [3.8, 4) is 0 Å². The smallest absolute Gasteiger partial charge is 0.336 e. The number of rotatable bonds is 10. The Morgan fingerprint density at radius 2 is 1.53 bits per heavy atom. The highest BCUT2D eigenvalue weighted by molar-refractivity contribution is 7.87. The number of aliphatic hydroxyl groups is 1. The molecule has 5 N–H and O–H groups in total. The van der Waals surface area contributed by atoms with Crippen LogP contribution in [0.5, 0.6) is 0 Å². The molecule has 0 saturated heterocycles. The van der Waals surface area contributed by atoms with Crippen LogP contribution in [0.4, 0.5) is 0 Å². The van der Waals surface area contributed by atoms with E-state index in [1.165, 1.54) is 0 Å². The number of carbonyl (C=O) groups excluding carboxylic acids is 2. The van der Waals surface area contributed by atoms with Crippen molar-refractivity contribution < 1.29 is 32.4 Å². The standard InChI is InChI=1S/C24H30N2O7S/c25-16-21(27)26-23(15-18-9-3-1-4-10-18,22(28)33-17-19-11-5-2-6-12-19)24(29,34(30,31)32)20-13-7-8-14-20/h1-6,9-12,20,29H,7-8,13-17,25H2,(H,26,27)(H,30,31,32). The summed E-state index contributed by atoms with van der Waals surface area (Å²) in [5.41, 5.74) is 3.99. The number of esters is 1. The second-order valence-electron chi connectivity index (χ2n) is 8.53. The lowest BCUT2D eigenvalue weighted by Gasteiger charge is -2.46. The predicted molar refractivity (Wildman–Crippen MR) is 125 cm³/mol. The molecule has 0 spiro atoms. The number of amides is 1. The lowest BCUT2D eigenvalue weighted by atomic mass is 9.77. The Morgan fingerprint density at radius 3 is 2.03 bits per heavy atom. The number of hydrogen-bond acceptors (Lipinski definition) is 7. The van der Waals surface area contributed by atoms with Gasteiger partial charge in [0.15, 0.2) is 5.54 Å². The minimum atomic E-state index is -5.31. The minimum Gasteiger partial charge on any atom is -0.459 e. The highest BCUT2D eigenvalue weighted by Crippen LogP contribution is 2.45. The van der Waals surface area contributed by atoms with Gasteiger partial charge in [-0.15, -0.1) is 0 Å². The van der Waals surface area contributed by atoms with Gasteiger partial charge in [-0.3, -0.25) is 9.35 Å². The fraction of sp³-hybridized carbons (Fsp3) is 0.417. The van der Waals surface area contributed by atoms with Crippen molar-refractivity contribution in [2.45, 2.75) is 49.2 Å². The second kappa shape index (κ2) is 10.6. The zero-order valence-corrected chi connectivity index (χ0v) is 19.5. The van der Waals surface area contributed by atoms with E-state index in [9.17, 15) is 27.7 Å². The molecule has 1 aliphatic rings. The maximum atomic E-state index is 13.7. The van der Waals surface area contributed by atoms with Gasteiger partial charge in [0.05, 0.1) is 6.54 Å². The first-order chi connectivity index (χ1) is 16.1. The van der Waals surface area contributed by atoms with Gasteiger partial charge in [-0.1, -0.05) is 73.5 Å². The van der Waals surface area contributed by atoms with Crippen molar-refractivity contribution >= 4 is 22.0 Å². The molecule has 2 aromatic rings. The van der Waals surface area contributed by atoms with Gasteiger partial charge in [0.25, 0.3) is 10.1 Å². The fourth-order valence-corrected chi connectivity index (χ4v) is 5.97. The summed E-state index contributed by atoms with van der Waals surface area (Å²) in [6.07, 6.45) is 1.20. The normalized spacial score (nSPS) is 18.0. The number of hydrogen-bond donors (Lipinski definition) is 4. The average molecular weight is 491 g/mol. The first-order valence-electron chi connectivity index (χ1n) is 11.1. The number of benzene rings is 2. The van der Waals surface area contributed by atoms with Crippen LogP contribution in [-0.4, -0.2) is 47.0 Å². The van der Waals surface area contributed by atoms with Crippen LogP contribution in [0.1, 0.15) is 36.8 Å². The maximum Gasteiger partial charge on any atom is 0.336 e. The summed E-state index contributed by atoms with van der Waals surface area (Å²) in [4.78, 5) is 23.2. The Kier molecular flexibility index (Phi) is 8.09. The van der Waals surface area contributed by atoms with Gasteiger partial charge < -0.3 is 20.9 Å². The van der Waals surface area contributed by atoms with Crippen LogP contribution in [0, 0.1) is 5.92 Å².